The molecule has 3 fully saturated rings. The monoisotopic (exact) mass is 416 g/mol. The molecule has 1 aromatic heterocycles. The van der Waals surface area contributed by atoms with E-state index in [9.17, 15) is 22.8 Å². The highest BCUT2D eigenvalue weighted by Gasteiger charge is 2.71. The van der Waals surface area contributed by atoms with Crippen LogP contribution in [0.1, 0.15) is 50.2 Å². The van der Waals surface area contributed by atoms with Crippen LogP contribution in [0.4, 0.5) is 18.9 Å². The zero-order chi connectivity index (χ0) is 21.7. The first-order valence-corrected chi connectivity index (χ1v) is 10.1. The quantitative estimate of drug-likeness (QED) is 0.625. The molecule has 2 bridgehead atoms. The number of nitrogens with zero attached hydrogens (tertiary/aromatic N) is 2. The zero-order valence-corrected chi connectivity index (χ0v) is 17.0. The summed E-state index contributed by atoms with van der Waals surface area (Å²) in [6.07, 6.45) is 2.64. The second-order valence-electron chi connectivity index (χ2n) is 8.57. The number of pyridine rings is 1. The van der Waals surface area contributed by atoms with Gasteiger partial charge in [0.25, 0.3) is 0 Å². The number of carbonyl (C=O) groups excluding carboxylic acids is 2. The van der Waals surface area contributed by atoms with Crippen molar-refractivity contribution in [2.75, 3.05) is 11.9 Å². The van der Waals surface area contributed by atoms with E-state index in [0.717, 1.165) is 11.6 Å². The summed E-state index contributed by atoms with van der Waals surface area (Å²) in [6.45, 7) is 1.73. The van der Waals surface area contributed by atoms with E-state index in [0.29, 0.717) is 25.7 Å². The normalized spacial score (nSPS) is 24.0. The Bertz CT molecular complexity index is 1020. The molecule has 1 amide bonds. The van der Waals surface area contributed by atoms with Crippen LogP contribution in [0.5, 0.6) is 0 Å². The molecule has 7 heteroatoms. The van der Waals surface area contributed by atoms with Crippen molar-refractivity contribution in [3.05, 3.63) is 59.2 Å². The summed E-state index contributed by atoms with van der Waals surface area (Å²) in [5.41, 5.74) is 0.732. The largest absolute Gasteiger partial charge is 0.313 e. The van der Waals surface area contributed by atoms with Gasteiger partial charge in [-0.2, -0.15) is 13.8 Å². The number of carbonyl (C=O) groups is 2. The molecule has 2 aromatic rings. The number of ketones is 1. The fourth-order valence-electron chi connectivity index (χ4n) is 5.01. The molecule has 4 nitrogen and oxygen atoms in total. The van der Waals surface area contributed by atoms with E-state index < -0.39 is 23.1 Å². The molecule has 0 saturated heterocycles. The number of anilines is 1. The summed E-state index contributed by atoms with van der Waals surface area (Å²) in [4.78, 5) is 29.0. The molecule has 0 atom stereocenters. The molecule has 0 radical (unpaired) electrons. The number of aromatic nitrogens is 1. The van der Waals surface area contributed by atoms with Crippen molar-refractivity contribution in [1.82, 2.24) is 4.98 Å². The molecule has 0 N–H and O–H groups in total. The molecule has 30 heavy (non-hydrogen) atoms. The Morgan fingerprint density at radius 2 is 1.80 bits per heavy atom. The molecular weight excluding hydrogens is 393 g/mol. The molecule has 5 rings (SSSR count). The van der Waals surface area contributed by atoms with E-state index in [1.807, 2.05) is 6.07 Å². The van der Waals surface area contributed by atoms with Crippen LogP contribution < -0.4 is 4.90 Å². The number of benzene rings is 1. The first-order valence-electron chi connectivity index (χ1n) is 10.1. The molecule has 0 aliphatic heterocycles. The highest BCUT2D eigenvalue weighted by atomic mass is 19.1. The van der Waals surface area contributed by atoms with Gasteiger partial charge in [-0.05, 0) is 60.9 Å². The first kappa shape index (κ1) is 20.6. The Balaban J connectivity index is 1.39. The van der Waals surface area contributed by atoms with Gasteiger partial charge in [0.15, 0.2) is 0 Å². The lowest BCUT2D eigenvalue weighted by atomic mass is 9.32. The van der Waals surface area contributed by atoms with Crippen LogP contribution in [-0.2, 0) is 21.4 Å². The Morgan fingerprint density at radius 1 is 1.10 bits per heavy atom. The number of hydrogen-bond acceptors (Lipinski definition) is 3. The van der Waals surface area contributed by atoms with Crippen LogP contribution in [0.25, 0.3) is 0 Å². The molecule has 3 saturated carbocycles. The van der Waals surface area contributed by atoms with Crippen LogP contribution in [-0.4, -0.2) is 23.7 Å². The first-order chi connectivity index (χ1) is 14.2. The summed E-state index contributed by atoms with van der Waals surface area (Å²) in [5, 5.41) is 0. The van der Waals surface area contributed by atoms with Crippen molar-refractivity contribution in [1.29, 1.82) is 0 Å². The van der Waals surface area contributed by atoms with Gasteiger partial charge < -0.3 is 4.90 Å². The summed E-state index contributed by atoms with van der Waals surface area (Å²) in [6, 6.07) is 7.34. The van der Waals surface area contributed by atoms with E-state index in [2.05, 4.69) is 4.98 Å². The molecule has 0 spiro atoms. The third kappa shape index (κ3) is 3.20. The van der Waals surface area contributed by atoms with E-state index in [-0.39, 0.29) is 41.2 Å². The smallest absolute Gasteiger partial charge is 0.226 e. The fraction of sp³-hybridized carbons (Fsp3) is 0.435. The number of Topliss-reactive ketones (excluding diaryl/α,β-unsaturated/α-hetero) is 1. The molecule has 1 heterocycles. The van der Waals surface area contributed by atoms with Gasteiger partial charge in [0.1, 0.15) is 11.6 Å². The maximum atomic E-state index is 14.6. The Morgan fingerprint density at radius 3 is 2.40 bits per heavy atom. The van der Waals surface area contributed by atoms with E-state index >= 15 is 0 Å². The van der Waals surface area contributed by atoms with Gasteiger partial charge in [-0.3, -0.25) is 9.59 Å². The lowest BCUT2D eigenvalue weighted by Crippen LogP contribution is -2.67. The minimum atomic E-state index is -0.882. The lowest BCUT2D eigenvalue weighted by Gasteiger charge is -2.70. The van der Waals surface area contributed by atoms with E-state index in [1.54, 1.807) is 20.0 Å². The van der Waals surface area contributed by atoms with Gasteiger partial charge in [-0.25, -0.2) is 4.39 Å². The van der Waals surface area contributed by atoms with Gasteiger partial charge in [-0.1, -0.05) is 13.0 Å². The molecular formula is C23H23F3N2O2. The maximum Gasteiger partial charge on any atom is 0.226 e. The van der Waals surface area contributed by atoms with Gasteiger partial charge in [0, 0.05) is 30.9 Å². The summed E-state index contributed by atoms with van der Waals surface area (Å²) in [7, 11) is 1.55. The highest BCUT2D eigenvalue weighted by molar-refractivity contribution is 5.93. The number of amides is 1. The Labute approximate surface area is 173 Å². The topological polar surface area (TPSA) is 50.3 Å². The summed E-state index contributed by atoms with van der Waals surface area (Å²) >= 11 is 0. The van der Waals surface area contributed by atoms with Gasteiger partial charge in [0.05, 0.1) is 5.69 Å². The zero-order valence-electron chi connectivity index (χ0n) is 17.0. The molecule has 0 unspecified atom stereocenters. The summed E-state index contributed by atoms with van der Waals surface area (Å²) < 4.78 is 41.2. The van der Waals surface area contributed by atoms with E-state index in [1.165, 1.54) is 17.0 Å². The minimum absolute atomic E-state index is 0.0680. The predicted octanol–water partition coefficient (Wildman–Crippen LogP) is 4.50. The van der Waals surface area contributed by atoms with Crippen molar-refractivity contribution in [3.63, 3.8) is 0 Å². The minimum Gasteiger partial charge on any atom is -0.313 e. The molecule has 158 valence electrons. The second kappa shape index (κ2) is 7.22. The van der Waals surface area contributed by atoms with Crippen LogP contribution in [0.3, 0.4) is 0 Å². The van der Waals surface area contributed by atoms with Crippen molar-refractivity contribution < 1.29 is 22.8 Å². The highest BCUT2D eigenvalue weighted by Crippen LogP contribution is 2.74. The number of aryl methyl sites for hydroxylation is 1. The number of hydrogen-bond donors (Lipinski definition) is 0. The Kier molecular flexibility index (Phi) is 4.95. The number of halogens is 3. The van der Waals surface area contributed by atoms with Crippen molar-refractivity contribution in [2.24, 2.45) is 5.41 Å². The van der Waals surface area contributed by atoms with Crippen molar-refractivity contribution >= 4 is 17.4 Å². The lowest BCUT2D eigenvalue weighted by molar-refractivity contribution is -0.173. The van der Waals surface area contributed by atoms with E-state index in [4.69, 9.17) is 0 Å². The van der Waals surface area contributed by atoms with Crippen molar-refractivity contribution in [2.45, 2.75) is 50.9 Å². The van der Waals surface area contributed by atoms with Crippen LogP contribution in [0.15, 0.2) is 30.3 Å². The fourth-order valence-corrected chi connectivity index (χ4v) is 5.01. The SMILES string of the molecule is CCC(=O)N(C)c1ccc(C23CC(C(=O)CCc4ccc(F)nc4F)(C2)C3)cc1F. The van der Waals surface area contributed by atoms with Crippen LogP contribution in [0, 0.1) is 23.1 Å². The summed E-state index contributed by atoms with van der Waals surface area (Å²) in [5.74, 6) is -2.30. The number of rotatable bonds is 7. The predicted molar refractivity (Wildman–Crippen MR) is 106 cm³/mol. The maximum absolute atomic E-state index is 14.6. The Hall–Kier alpha value is -2.70. The standard InChI is InChI=1S/C23H23F3N2O2/c1-3-20(30)28(2)17-7-6-15(10-16(17)24)22-11-23(12-22,13-22)18(29)8-4-14-5-9-19(25)27-21(14)26/h5-7,9-10H,3-4,8,11-13H2,1-2H3. The molecule has 3 aliphatic carbocycles. The van der Waals surface area contributed by atoms with Crippen LogP contribution in [0.2, 0.25) is 0 Å². The third-order valence-corrected chi connectivity index (χ3v) is 6.73. The third-order valence-electron chi connectivity index (χ3n) is 6.73. The average Bonchev–Trinajstić information content (AvgIpc) is 2.64. The van der Waals surface area contributed by atoms with Crippen LogP contribution >= 0.6 is 0 Å². The average molecular weight is 416 g/mol. The molecule has 1 aromatic carbocycles. The second-order valence-corrected chi connectivity index (χ2v) is 8.57. The van der Waals surface area contributed by atoms with Gasteiger partial charge in [0.2, 0.25) is 17.8 Å². The van der Waals surface area contributed by atoms with Gasteiger partial charge >= 0.3 is 0 Å². The van der Waals surface area contributed by atoms with Crippen molar-refractivity contribution in [3.8, 4) is 0 Å². The van der Waals surface area contributed by atoms with Gasteiger partial charge in [-0.15, -0.1) is 0 Å². The molecule has 3 aliphatic rings.